The van der Waals surface area contributed by atoms with Crippen molar-refractivity contribution in [3.63, 3.8) is 0 Å². The van der Waals surface area contributed by atoms with Crippen LogP contribution in [0.15, 0.2) is 30.3 Å². The zero-order valence-corrected chi connectivity index (χ0v) is 13.1. The summed E-state index contributed by atoms with van der Waals surface area (Å²) in [6.07, 6.45) is 0.551. The Morgan fingerprint density at radius 3 is 2.30 bits per heavy atom. The first-order valence-electron chi connectivity index (χ1n) is 7.47. The first kappa shape index (κ1) is 16.7. The summed E-state index contributed by atoms with van der Waals surface area (Å²) in [6.45, 7) is 3.31. The summed E-state index contributed by atoms with van der Waals surface area (Å²) >= 11 is 0. The molecule has 2 rings (SSSR count). The van der Waals surface area contributed by atoms with E-state index in [1.807, 2.05) is 30.3 Å². The number of carbonyl (C=O) groups excluding carboxylic acids is 4. The third kappa shape index (κ3) is 3.56. The molecule has 7 heteroatoms. The highest BCUT2D eigenvalue weighted by Gasteiger charge is 2.44. The van der Waals surface area contributed by atoms with Crippen LogP contribution >= 0.6 is 0 Å². The van der Waals surface area contributed by atoms with Crippen LogP contribution in [-0.2, 0) is 14.4 Å². The molecule has 1 aromatic rings. The Labute approximate surface area is 134 Å². The zero-order valence-electron chi connectivity index (χ0n) is 13.1. The third-order valence-electron chi connectivity index (χ3n) is 3.56. The first-order valence-corrected chi connectivity index (χ1v) is 7.47. The minimum absolute atomic E-state index is 0.169. The van der Waals surface area contributed by atoms with E-state index >= 15 is 0 Å². The minimum Gasteiger partial charge on any atom is -0.348 e. The molecule has 0 aromatic heterocycles. The molecule has 0 bridgehead atoms. The molecule has 0 aliphatic carbocycles. The summed E-state index contributed by atoms with van der Waals surface area (Å²) in [5, 5.41) is 2.71. The molecule has 0 radical (unpaired) electrons. The third-order valence-corrected chi connectivity index (χ3v) is 3.56. The first-order chi connectivity index (χ1) is 11.0. The number of rotatable bonds is 6. The number of urea groups is 1. The zero-order chi connectivity index (χ0) is 17.0. The van der Waals surface area contributed by atoms with Gasteiger partial charge >= 0.3 is 17.8 Å². The Kier molecular flexibility index (Phi) is 5.10. The Bertz CT molecular complexity index is 629. The van der Waals surface area contributed by atoms with Gasteiger partial charge < -0.3 is 5.32 Å². The van der Waals surface area contributed by atoms with E-state index in [0.717, 1.165) is 10.5 Å². The molecule has 5 amide bonds. The van der Waals surface area contributed by atoms with Gasteiger partial charge in [0.2, 0.25) is 5.91 Å². The molecule has 1 atom stereocenters. The molecule has 23 heavy (non-hydrogen) atoms. The van der Waals surface area contributed by atoms with Crippen molar-refractivity contribution in [3.05, 3.63) is 35.9 Å². The molecule has 7 nitrogen and oxygen atoms in total. The lowest BCUT2D eigenvalue weighted by Crippen LogP contribution is -2.42. The van der Waals surface area contributed by atoms with Gasteiger partial charge in [-0.3, -0.25) is 19.3 Å². The molecule has 1 aliphatic heterocycles. The van der Waals surface area contributed by atoms with Crippen molar-refractivity contribution in [1.29, 1.82) is 0 Å². The molecule has 0 saturated carbocycles. The molecule has 1 N–H and O–H groups in total. The van der Waals surface area contributed by atoms with E-state index in [1.54, 1.807) is 13.8 Å². The van der Waals surface area contributed by atoms with Crippen LogP contribution in [0, 0.1) is 0 Å². The fraction of sp³-hybridized carbons (Fsp3) is 0.375. The number of benzene rings is 1. The smallest absolute Gasteiger partial charge is 0.334 e. The molecule has 1 aromatic carbocycles. The van der Waals surface area contributed by atoms with Gasteiger partial charge in [-0.25, -0.2) is 9.69 Å². The van der Waals surface area contributed by atoms with Crippen LogP contribution in [0.2, 0.25) is 0 Å². The van der Waals surface area contributed by atoms with Gasteiger partial charge in [-0.05, 0) is 18.9 Å². The van der Waals surface area contributed by atoms with Crippen LogP contribution in [0.4, 0.5) is 4.79 Å². The topological polar surface area (TPSA) is 86.8 Å². The van der Waals surface area contributed by atoms with Gasteiger partial charge in [0.15, 0.2) is 0 Å². The average molecular weight is 317 g/mol. The average Bonchev–Trinajstić information content (AvgIpc) is 2.74. The Morgan fingerprint density at radius 2 is 1.70 bits per heavy atom. The summed E-state index contributed by atoms with van der Waals surface area (Å²) in [5.74, 6) is -2.32. The fourth-order valence-electron chi connectivity index (χ4n) is 2.37. The van der Waals surface area contributed by atoms with Crippen LogP contribution in [-0.4, -0.2) is 46.6 Å². The largest absolute Gasteiger partial charge is 0.348 e. The molecule has 1 fully saturated rings. The SMILES string of the molecule is CCCN1C(=O)C(=O)N(CC(=O)N[C@H](C)c2ccccc2)C1=O. The highest BCUT2D eigenvalue weighted by atomic mass is 16.2. The van der Waals surface area contributed by atoms with Crippen molar-refractivity contribution in [2.24, 2.45) is 0 Å². The number of hydrogen-bond donors (Lipinski definition) is 1. The second-order valence-corrected chi connectivity index (χ2v) is 5.33. The van der Waals surface area contributed by atoms with Crippen molar-refractivity contribution >= 4 is 23.8 Å². The van der Waals surface area contributed by atoms with Crippen LogP contribution in [0.5, 0.6) is 0 Å². The summed E-state index contributed by atoms with van der Waals surface area (Å²) < 4.78 is 0. The number of nitrogens with zero attached hydrogens (tertiary/aromatic N) is 2. The lowest BCUT2D eigenvalue weighted by atomic mass is 10.1. The number of imide groups is 2. The number of hydrogen-bond acceptors (Lipinski definition) is 4. The van der Waals surface area contributed by atoms with E-state index in [-0.39, 0.29) is 12.6 Å². The van der Waals surface area contributed by atoms with E-state index in [2.05, 4.69) is 5.32 Å². The molecule has 1 heterocycles. The fourth-order valence-corrected chi connectivity index (χ4v) is 2.37. The molecular weight excluding hydrogens is 298 g/mol. The van der Waals surface area contributed by atoms with Gasteiger partial charge in [-0.2, -0.15) is 0 Å². The Morgan fingerprint density at radius 1 is 1.09 bits per heavy atom. The summed E-state index contributed by atoms with van der Waals surface area (Å²) in [7, 11) is 0. The minimum atomic E-state index is -0.953. The number of amides is 5. The normalized spacial score (nSPS) is 16.0. The van der Waals surface area contributed by atoms with Crippen molar-refractivity contribution in [1.82, 2.24) is 15.1 Å². The monoisotopic (exact) mass is 317 g/mol. The van der Waals surface area contributed by atoms with Gasteiger partial charge in [0.1, 0.15) is 6.54 Å². The Balaban J connectivity index is 1.99. The van der Waals surface area contributed by atoms with Crippen LogP contribution in [0.3, 0.4) is 0 Å². The lowest BCUT2D eigenvalue weighted by Gasteiger charge is -2.17. The van der Waals surface area contributed by atoms with Crippen LogP contribution in [0.1, 0.15) is 31.9 Å². The van der Waals surface area contributed by atoms with Crippen LogP contribution < -0.4 is 5.32 Å². The van der Waals surface area contributed by atoms with Crippen molar-refractivity contribution in [3.8, 4) is 0 Å². The standard InChI is InChI=1S/C16H19N3O4/c1-3-9-18-14(21)15(22)19(16(18)23)10-13(20)17-11(2)12-7-5-4-6-8-12/h4-8,11H,3,9-10H2,1-2H3,(H,17,20)/t11-/m1/s1. The van der Waals surface area contributed by atoms with E-state index in [0.29, 0.717) is 11.3 Å². The van der Waals surface area contributed by atoms with E-state index in [1.165, 1.54) is 0 Å². The highest BCUT2D eigenvalue weighted by molar-refractivity contribution is 6.45. The molecule has 1 aliphatic rings. The maximum atomic E-state index is 12.1. The number of carbonyl (C=O) groups is 4. The van der Waals surface area contributed by atoms with Gasteiger partial charge in [0.05, 0.1) is 6.04 Å². The van der Waals surface area contributed by atoms with Gasteiger partial charge in [0.25, 0.3) is 0 Å². The predicted octanol–water partition coefficient (Wildman–Crippen LogP) is 1.06. The molecule has 1 saturated heterocycles. The van der Waals surface area contributed by atoms with Crippen LogP contribution in [0.25, 0.3) is 0 Å². The lowest BCUT2D eigenvalue weighted by molar-refractivity contribution is -0.144. The summed E-state index contributed by atoms with van der Waals surface area (Å²) in [6, 6.07) is 8.31. The molecular formula is C16H19N3O4. The Hall–Kier alpha value is -2.70. The molecule has 122 valence electrons. The van der Waals surface area contributed by atoms with Crippen molar-refractivity contribution in [2.75, 3.05) is 13.1 Å². The van der Waals surface area contributed by atoms with E-state index < -0.39 is 30.3 Å². The summed E-state index contributed by atoms with van der Waals surface area (Å²) in [4.78, 5) is 49.2. The molecule has 0 unspecified atom stereocenters. The highest BCUT2D eigenvalue weighted by Crippen LogP contribution is 2.14. The number of nitrogens with one attached hydrogen (secondary N) is 1. The van der Waals surface area contributed by atoms with Gasteiger partial charge in [0, 0.05) is 6.54 Å². The maximum absolute atomic E-state index is 12.1. The van der Waals surface area contributed by atoms with Gasteiger partial charge in [-0.1, -0.05) is 37.3 Å². The molecule has 0 spiro atoms. The quantitative estimate of drug-likeness (QED) is 0.628. The summed E-state index contributed by atoms with van der Waals surface area (Å²) in [5.41, 5.74) is 0.906. The van der Waals surface area contributed by atoms with Crippen molar-refractivity contribution in [2.45, 2.75) is 26.3 Å². The second-order valence-electron chi connectivity index (χ2n) is 5.33. The van der Waals surface area contributed by atoms with Crippen molar-refractivity contribution < 1.29 is 19.2 Å². The second kappa shape index (κ2) is 7.04. The maximum Gasteiger partial charge on any atom is 0.334 e. The van der Waals surface area contributed by atoms with E-state index in [9.17, 15) is 19.2 Å². The van der Waals surface area contributed by atoms with Gasteiger partial charge in [-0.15, -0.1) is 0 Å². The predicted molar refractivity (Wildman–Crippen MR) is 82.1 cm³/mol. The van der Waals surface area contributed by atoms with E-state index in [4.69, 9.17) is 0 Å².